The third-order valence-corrected chi connectivity index (χ3v) is 2.89. The molecule has 92 valence electrons. The van der Waals surface area contributed by atoms with Crippen LogP contribution >= 0.6 is 0 Å². The fourth-order valence-electron chi connectivity index (χ4n) is 2.02. The topological polar surface area (TPSA) is 47.6 Å². The number of carbonyl (C=O) groups excluding carboxylic acids is 1. The van der Waals surface area contributed by atoms with E-state index in [0.29, 0.717) is 11.3 Å². The molecular weight excluding hydrogens is 218 g/mol. The Morgan fingerprint density at radius 1 is 1.59 bits per heavy atom. The molecule has 0 aromatic heterocycles. The van der Waals surface area contributed by atoms with E-state index in [4.69, 9.17) is 9.47 Å². The summed E-state index contributed by atoms with van der Waals surface area (Å²) in [4.78, 5) is 10.9. The van der Waals surface area contributed by atoms with Gasteiger partial charge < -0.3 is 14.8 Å². The molecule has 0 bridgehead atoms. The van der Waals surface area contributed by atoms with Crippen LogP contribution in [0, 0.1) is 0 Å². The number of hydrogen-bond donors (Lipinski definition) is 1. The monoisotopic (exact) mass is 235 g/mol. The molecule has 17 heavy (non-hydrogen) atoms. The predicted octanol–water partition coefficient (Wildman–Crippen LogP) is 1.04. The number of methoxy groups -OCH3 is 1. The normalized spacial score (nSPS) is 19.9. The van der Waals surface area contributed by atoms with E-state index >= 15 is 0 Å². The number of nitrogens with one attached hydrogen (secondary N) is 1. The van der Waals surface area contributed by atoms with E-state index in [0.717, 1.165) is 38.0 Å². The SMILES string of the molecule is COc1ccc(C[C@@H]2CNCCO2)cc1C=O. The van der Waals surface area contributed by atoms with Gasteiger partial charge in [-0.05, 0) is 24.1 Å². The lowest BCUT2D eigenvalue weighted by Crippen LogP contribution is -2.39. The summed E-state index contributed by atoms with van der Waals surface area (Å²) >= 11 is 0. The van der Waals surface area contributed by atoms with Gasteiger partial charge in [0.05, 0.1) is 25.4 Å². The zero-order valence-corrected chi connectivity index (χ0v) is 9.94. The van der Waals surface area contributed by atoms with E-state index in [-0.39, 0.29) is 6.10 Å². The lowest BCUT2D eigenvalue weighted by molar-refractivity contribution is 0.0292. The van der Waals surface area contributed by atoms with Crippen molar-refractivity contribution in [2.45, 2.75) is 12.5 Å². The van der Waals surface area contributed by atoms with Crippen molar-refractivity contribution in [2.75, 3.05) is 26.8 Å². The first kappa shape index (κ1) is 12.1. The van der Waals surface area contributed by atoms with Crippen molar-refractivity contribution >= 4 is 6.29 Å². The first-order valence-electron chi connectivity index (χ1n) is 5.78. The Morgan fingerprint density at radius 2 is 2.47 bits per heavy atom. The van der Waals surface area contributed by atoms with E-state index in [2.05, 4.69) is 5.32 Å². The van der Waals surface area contributed by atoms with Gasteiger partial charge in [0.2, 0.25) is 0 Å². The van der Waals surface area contributed by atoms with Crippen molar-refractivity contribution in [2.24, 2.45) is 0 Å². The minimum atomic E-state index is 0.191. The van der Waals surface area contributed by atoms with E-state index < -0.39 is 0 Å². The fourth-order valence-corrected chi connectivity index (χ4v) is 2.02. The first-order chi connectivity index (χ1) is 8.33. The van der Waals surface area contributed by atoms with Crippen molar-refractivity contribution in [3.8, 4) is 5.75 Å². The molecule has 0 amide bonds. The Morgan fingerprint density at radius 3 is 3.12 bits per heavy atom. The largest absolute Gasteiger partial charge is 0.496 e. The standard InChI is InChI=1S/C13H17NO3/c1-16-13-3-2-10(6-11(13)9-15)7-12-8-14-4-5-17-12/h2-3,6,9,12,14H,4-5,7-8H2,1H3/t12-/m1/s1. The highest BCUT2D eigenvalue weighted by Gasteiger charge is 2.14. The van der Waals surface area contributed by atoms with E-state index in [1.807, 2.05) is 18.2 Å². The lowest BCUT2D eigenvalue weighted by atomic mass is 10.0. The summed E-state index contributed by atoms with van der Waals surface area (Å²) in [7, 11) is 1.57. The summed E-state index contributed by atoms with van der Waals surface area (Å²) in [5, 5.41) is 3.29. The Kier molecular flexibility index (Phi) is 4.12. The molecular formula is C13H17NO3. The summed E-state index contributed by atoms with van der Waals surface area (Å²) in [6.45, 7) is 2.53. The zero-order chi connectivity index (χ0) is 12.1. The summed E-state index contributed by atoms with van der Waals surface area (Å²) in [6.07, 6.45) is 1.83. The van der Waals surface area contributed by atoms with Gasteiger partial charge in [0.25, 0.3) is 0 Å². The minimum Gasteiger partial charge on any atom is -0.496 e. The Labute approximate surface area is 101 Å². The molecule has 1 heterocycles. The number of hydrogen-bond acceptors (Lipinski definition) is 4. The van der Waals surface area contributed by atoms with Gasteiger partial charge in [-0.25, -0.2) is 0 Å². The van der Waals surface area contributed by atoms with Crippen LogP contribution in [-0.4, -0.2) is 39.2 Å². The molecule has 0 spiro atoms. The second-order valence-corrected chi connectivity index (χ2v) is 4.10. The Hall–Kier alpha value is -1.39. The maximum Gasteiger partial charge on any atom is 0.153 e. The van der Waals surface area contributed by atoms with Crippen LogP contribution in [0.25, 0.3) is 0 Å². The van der Waals surface area contributed by atoms with Crippen LogP contribution in [0.4, 0.5) is 0 Å². The number of morpholine rings is 1. The van der Waals surface area contributed by atoms with Crippen molar-refractivity contribution in [1.82, 2.24) is 5.32 Å². The first-order valence-corrected chi connectivity index (χ1v) is 5.78. The second-order valence-electron chi connectivity index (χ2n) is 4.10. The van der Waals surface area contributed by atoms with Crippen molar-refractivity contribution in [3.05, 3.63) is 29.3 Å². The van der Waals surface area contributed by atoms with Gasteiger partial charge in [-0.2, -0.15) is 0 Å². The number of rotatable bonds is 4. The third-order valence-electron chi connectivity index (χ3n) is 2.89. The molecule has 1 aliphatic rings. The van der Waals surface area contributed by atoms with E-state index in [1.54, 1.807) is 7.11 Å². The fraction of sp³-hybridized carbons (Fsp3) is 0.462. The molecule has 4 nitrogen and oxygen atoms in total. The van der Waals surface area contributed by atoms with Crippen LogP contribution < -0.4 is 10.1 Å². The van der Waals surface area contributed by atoms with Gasteiger partial charge in [0, 0.05) is 13.1 Å². The smallest absolute Gasteiger partial charge is 0.153 e. The lowest BCUT2D eigenvalue weighted by Gasteiger charge is -2.23. The molecule has 0 saturated carbocycles. The van der Waals surface area contributed by atoms with Gasteiger partial charge in [-0.1, -0.05) is 6.07 Å². The van der Waals surface area contributed by atoms with Crippen molar-refractivity contribution in [1.29, 1.82) is 0 Å². The third kappa shape index (κ3) is 3.05. The van der Waals surface area contributed by atoms with Gasteiger partial charge >= 0.3 is 0 Å². The number of carbonyl (C=O) groups is 1. The van der Waals surface area contributed by atoms with Gasteiger partial charge in [-0.3, -0.25) is 4.79 Å². The van der Waals surface area contributed by atoms with Crippen molar-refractivity contribution < 1.29 is 14.3 Å². The van der Waals surface area contributed by atoms with Crippen LogP contribution in [0.2, 0.25) is 0 Å². The maximum absolute atomic E-state index is 10.9. The molecule has 1 aromatic carbocycles. The summed E-state index contributed by atoms with van der Waals surface area (Å²) in [5.74, 6) is 0.617. The zero-order valence-electron chi connectivity index (χ0n) is 9.94. The van der Waals surface area contributed by atoms with Crippen molar-refractivity contribution in [3.63, 3.8) is 0 Å². The molecule has 1 saturated heterocycles. The van der Waals surface area contributed by atoms with E-state index in [1.165, 1.54) is 0 Å². The second kappa shape index (κ2) is 5.80. The molecule has 4 heteroatoms. The predicted molar refractivity (Wildman–Crippen MR) is 64.7 cm³/mol. The van der Waals surface area contributed by atoms with E-state index in [9.17, 15) is 4.79 Å². The van der Waals surface area contributed by atoms with Crippen LogP contribution in [0.15, 0.2) is 18.2 Å². The van der Waals surface area contributed by atoms with Crippen LogP contribution in [0.3, 0.4) is 0 Å². The number of aldehydes is 1. The summed E-state index contributed by atoms with van der Waals surface area (Å²) < 4.78 is 10.7. The number of ether oxygens (including phenoxy) is 2. The molecule has 2 rings (SSSR count). The van der Waals surface area contributed by atoms with Crippen LogP contribution in [0.5, 0.6) is 5.75 Å². The minimum absolute atomic E-state index is 0.191. The van der Waals surface area contributed by atoms with Gasteiger partial charge in [0.1, 0.15) is 5.75 Å². The molecule has 1 aliphatic heterocycles. The Bertz CT molecular complexity index is 386. The Balaban J connectivity index is 2.07. The average molecular weight is 235 g/mol. The highest BCUT2D eigenvalue weighted by Crippen LogP contribution is 2.19. The van der Waals surface area contributed by atoms with Crippen LogP contribution in [-0.2, 0) is 11.2 Å². The molecule has 0 radical (unpaired) electrons. The average Bonchev–Trinajstić information content (AvgIpc) is 2.40. The molecule has 1 fully saturated rings. The molecule has 1 atom stereocenters. The molecule has 1 N–H and O–H groups in total. The highest BCUT2D eigenvalue weighted by molar-refractivity contribution is 5.79. The number of benzene rings is 1. The molecule has 0 unspecified atom stereocenters. The molecule has 1 aromatic rings. The van der Waals surface area contributed by atoms with Gasteiger partial charge in [-0.15, -0.1) is 0 Å². The van der Waals surface area contributed by atoms with Crippen LogP contribution in [0.1, 0.15) is 15.9 Å². The highest BCUT2D eigenvalue weighted by atomic mass is 16.5. The molecule has 0 aliphatic carbocycles. The quantitative estimate of drug-likeness (QED) is 0.792. The summed E-state index contributed by atoms with van der Waals surface area (Å²) in [5.41, 5.74) is 1.69. The maximum atomic E-state index is 10.9. The summed E-state index contributed by atoms with van der Waals surface area (Å²) in [6, 6.07) is 5.67. The van der Waals surface area contributed by atoms with Gasteiger partial charge in [0.15, 0.2) is 6.29 Å².